The highest BCUT2D eigenvalue weighted by atomic mass is 16.1. The van der Waals surface area contributed by atoms with E-state index in [0.717, 1.165) is 5.65 Å². The summed E-state index contributed by atoms with van der Waals surface area (Å²) >= 11 is 0. The minimum absolute atomic E-state index is 0.211. The van der Waals surface area contributed by atoms with Gasteiger partial charge in [0, 0.05) is 11.8 Å². The maximum absolute atomic E-state index is 12.4. The summed E-state index contributed by atoms with van der Waals surface area (Å²) in [5, 5.41) is 22.0. The maximum Gasteiger partial charge on any atom is 0.251 e. The van der Waals surface area contributed by atoms with Crippen molar-refractivity contribution in [1.29, 1.82) is 0 Å². The molecule has 0 fully saturated rings. The van der Waals surface area contributed by atoms with Gasteiger partial charge in [-0.25, -0.2) is 4.68 Å². The van der Waals surface area contributed by atoms with E-state index in [4.69, 9.17) is 0 Å². The number of amides is 1. The number of nitrogens with one attached hydrogen (secondary N) is 1. The van der Waals surface area contributed by atoms with E-state index in [9.17, 15) is 4.79 Å². The fraction of sp³-hybridized carbons (Fsp3) is 0.0667. The number of pyridine rings is 1. The fourth-order valence-corrected chi connectivity index (χ4v) is 2.34. The Morgan fingerprint density at radius 3 is 2.96 bits per heavy atom. The largest absolute Gasteiger partial charge is 0.345 e. The Kier molecular flexibility index (Phi) is 3.43. The number of hydrogen-bond donors (Lipinski definition) is 1. The van der Waals surface area contributed by atoms with Crippen molar-refractivity contribution in [2.45, 2.75) is 6.54 Å². The van der Waals surface area contributed by atoms with E-state index >= 15 is 0 Å². The van der Waals surface area contributed by atoms with Gasteiger partial charge in [-0.05, 0) is 40.8 Å². The molecule has 0 spiro atoms. The summed E-state index contributed by atoms with van der Waals surface area (Å²) in [6.45, 7) is 0.277. The van der Waals surface area contributed by atoms with Crippen LogP contribution in [0.5, 0.6) is 0 Å². The smallest absolute Gasteiger partial charge is 0.251 e. The molecular weight excluding hydrogens is 308 g/mol. The molecule has 0 unspecified atom stereocenters. The van der Waals surface area contributed by atoms with Crippen molar-refractivity contribution in [2.24, 2.45) is 0 Å². The molecule has 0 aliphatic heterocycles. The molecule has 3 heterocycles. The summed E-state index contributed by atoms with van der Waals surface area (Å²) < 4.78 is 3.32. The van der Waals surface area contributed by atoms with Crippen LogP contribution in [0.1, 0.15) is 16.2 Å². The van der Waals surface area contributed by atoms with Crippen LogP contribution in [-0.2, 0) is 6.54 Å². The first-order valence-electron chi connectivity index (χ1n) is 7.21. The van der Waals surface area contributed by atoms with Gasteiger partial charge in [0.2, 0.25) is 0 Å². The molecule has 9 nitrogen and oxygen atoms in total. The van der Waals surface area contributed by atoms with Crippen molar-refractivity contribution in [3.8, 4) is 5.69 Å². The van der Waals surface area contributed by atoms with Crippen LogP contribution in [0.2, 0.25) is 0 Å². The lowest BCUT2D eigenvalue weighted by atomic mass is 10.2. The van der Waals surface area contributed by atoms with Crippen LogP contribution in [0.25, 0.3) is 11.3 Å². The van der Waals surface area contributed by atoms with E-state index < -0.39 is 0 Å². The second-order valence-corrected chi connectivity index (χ2v) is 5.03. The molecule has 0 aliphatic carbocycles. The lowest BCUT2D eigenvalue weighted by Gasteiger charge is -2.06. The van der Waals surface area contributed by atoms with Crippen molar-refractivity contribution in [1.82, 2.24) is 40.1 Å². The zero-order valence-corrected chi connectivity index (χ0v) is 12.4. The van der Waals surface area contributed by atoms with Gasteiger partial charge in [0.25, 0.3) is 5.91 Å². The average Bonchev–Trinajstić information content (AvgIpc) is 3.30. The quantitative estimate of drug-likeness (QED) is 0.592. The number of hydrogen-bond acceptors (Lipinski definition) is 6. The lowest BCUT2D eigenvalue weighted by Crippen LogP contribution is -2.24. The van der Waals surface area contributed by atoms with E-state index in [1.807, 2.05) is 34.9 Å². The number of aromatic nitrogens is 7. The predicted molar refractivity (Wildman–Crippen MR) is 83.3 cm³/mol. The number of carbonyl (C=O) groups is 1. The van der Waals surface area contributed by atoms with Crippen LogP contribution in [0.15, 0.2) is 55.0 Å². The van der Waals surface area contributed by atoms with Crippen molar-refractivity contribution >= 4 is 11.6 Å². The van der Waals surface area contributed by atoms with Crippen LogP contribution in [0.3, 0.4) is 0 Å². The van der Waals surface area contributed by atoms with Gasteiger partial charge in [-0.1, -0.05) is 12.1 Å². The number of tetrazole rings is 1. The molecule has 3 aromatic heterocycles. The third-order valence-electron chi connectivity index (χ3n) is 3.51. The first-order valence-corrected chi connectivity index (χ1v) is 7.21. The first-order chi connectivity index (χ1) is 11.8. The van der Waals surface area contributed by atoms with E-state index in [2.05, 4.69) is 31.0 Å². The molecule has 0 atom stereocenters. The Morgan fingerprint density at radius 1 is 1.12 bits per heavy atom. The van der Waals surface area contributed by atoms with Crippen molar-refractivity contribution in [2.75, 3.05) is 0 Å². The zero-order valence-electron chi connectivity index (χ0n) is 12.4. The standard InChI is InChI=1S/C15H12N8O/c24-15(11-4-3-5-12(8-11)23-10-17-20-21-23)16-9-14-19-18-13-6-1-2-7-22(13)14/h1-8,10H,9H2,(H,16,24). The molecule has 0 saturated heterocycles. The fourth-order valence-electron chi connectivity index (χ4n) is 2.34. The first kappa shape index (κ1) is 14.0. The summed E-state index contributed by atoms with van der Waals surface area (Å²) in [6, 6.07) is 12.7. The lowest BCUT2D eigenvalue weighted by molar-refractivity contribution is 0.0949. The summed E-state index contributed by atoms with van der Waals surface area (Å²) in [4.78, 5) is 12.4. The van der Waals surface area contributed by atoms with E-state index in [-0.39, 0.29) is 12.5 Å². The number of carbonyl (C=O) groups excluding carboxylic acids is 1. The molecule has 0 saturated carbocycles. The Morgan fingerprint density at radius 2 is 2.08 bits per heavy atom. The van der Waals surface area contributed by atoms with Crippen molar-refractivity contribution in [3.05, 3.63) is 66.4 Å². The van der Waals surface area contributed by atoms with Gasteiger partial charge < -0.3 is 5.32 Å². The maximum atomic E-state index is 12.4. The monoisotopic (exact) mass is 320 g/mol. The van der Waals surface area contributed by atoms with Crippen LogP contribution < -0.4 is 5.32 Å². The van der Waals surface area contributed by atoms with Gasteiger partial charge in [-0.15, -0.1) is 15.3 Å². The minimum Gasteiger partial charge on any atom is -0.345 e. The van der Waals surface area contributed by atoms with Crippen LogP contribution in [0.4, 0.5) is 0 Å². The third-order valence-corrected chi connectivity index (χ3v) is 3.51. The number of rotatable bonds is 4. The Balaban J connectivity index is 1.51. The van der Waals surface area contributed by atoms with E-state index in [0.29, 0.717) is 17.1 Å². The summed E-state index contributed by atoms with van der Waals surface area (Å²) in [7, 11) is 0. The highest BCUT2D eigenvalue weighted by molar-refractivity contribution is 5.94. The van der Waals surface area contributed by atoms with Gasteiger partial charge >= 0.3 is 0 Å². The normalized spacial score (nSPS) is 10.8. The van der Waals surface area contributed by atoms with Crippen molar-refractivity contribution in [3.63, 3.8) is 0 Å². The number of fused-ring (bicyclic) bond motifs is 1. The summed E-state index contributed by atoms with van der Waals surface area (Å²) in [6.07, 6.45) is 3.33. The van der Waals surface area contributed by atoms with Gasteiger partial charge in [0.05, 0.1) is 12.2 Å². The second kappa shape index (κ2) is 5.88. The molecule has 24 heavy (non-hydrogen) atoms. The Hall–Kier alpha value is -3.62. The molecule has 1 aromatic carbocycles. The van der Waals surface area contributed by atoms with Crippen LogP contribution >= 0.6 is 0 Å². The minimum atomic E-state index is -0.211. The Labute approximate surface area is 135 Å². The van der Waals surface area contributed by atoms with E-state index in [1.54, 1.807) is 18.2 Å². The van der Waals surface area contributed by atoms with Gasteiger partial charge in [-0.2, -0.15) is 0 Å². The summed E-state index contributed by atoms with van der Waals surface area (Å²) in [5.41, 5.74) is 1.96. The number of nitrogens with zero attached hydrogens (tertiary/aromatic N) is 7. The van der Waals surface area contributed by atoms with Gasteiger partial charge in [0.1, 0.15) is 6.33 Å². The average molecular weight is 320 g/mol. The van der Waals surface area contributed by atoms with Gasteiger partial charge in [-0.3, -0.25) is 9.20 Å². The number of benzene rings is 1. The molecule has 1 amide bonds. The predicted octanol–water partition coefficient (Wildman–Crippen LogP) is 0.635. The molecule has 4 rings (SSSR count). The molecular formula is C15H12N8O. The van der Waals surface area contributed by atoms with Gasteiger partial charge in [0.15, 0.2) is 11.5 Å². The Bertz CT molecular complexity index is 992. The second-order valence-electron chi connectivity index (χ2n) is 5.03. The zero-order chi connectivity index (χ0) is 16.4. The highest BCUT2D eigenvalue weighted by Gasteiger charge is 2.10. The molecule has 9 heteroatoms. The third kappa shape index (κ3) is 2.58. The molecule has 4 aromatic rings. The molecule has 0 radical (unpaired) electrons. The summed E-state index contributed by atoms with van der Waals surface area (Å²) in [5.74, 6) is 0.452. The molecule has 0 bridgehead atoms. The SMILES string of the molecule is O=C(NCc1nnc2ccccn12)c1cccc(-n2cnnn2)c1. The van der Waals surface area contributed by atoms with Crippen molar-refractivity contribution < 1.29 is 4.79 Å². The van der Waals surface area contributed by atoms with Crippen LogP contribution in [0, 0.1) is 0 Å². The molecule has 118 valence electrons. The van der Waals surface area contributed by atoms with E-state index in [1.165, 1.54) is 11.0 Å². The van der Waals surface area contributed by atoms with Crippen LogP contribution in [-0.4, -0.2) is 40.7 Å². The molecule has 1 N–H and O–H groups in total. The topological polar surface area (TPSA) is 103 Å². The highest BCUT2D eigenvalue weighted by Crippen LogP contribution is 2.09. The molecule has 0 aliphatic rings.